The summed E-state index contributed by atoms with van der Waals surface area (Å²) in [4.78, 5) is 20.3. The van der Waals surface area contributed by atoms with Crippen molar-refractivity contribution in [3.63, 3.8) is 0 Å². The Hall–Kier alpha value is -0.723. The molecule has 0 aliphatic carbocycles. The van der Waals surface area contributed by atoms with E-state index in [9.17, 15) is 14.7 Å². The van der Waals surface area contributed by atoms with E-state index in [2.05, 4.69) is 11.9 Å². The molecule has 56 valence electrons. The largest absolute Gasteiger partial charge is 1.00 e. The SMILES string of the molecule is C=C(C)C(=O)NCC(=O)[O-].[Li+]. The van der Waals surface area contributed by atoms with E-state index in [1.807, 2.05) is 0 Å². The number of aliphatic carboxylic acids is 1. The van der Waals surface area contributed by atoms with E-state index in [-0.39, 0.29) is 24.4 Å². The number of carboxylic acid groups (broad SMARTS) is 1. The molecule has 0 heterocycles. The average Bonchev–Trinajstić information content (AvgIpc) is 1.82. The van der Waals surface area contributed by atoms with Crippen molar-refractivity contribution in [2.45, 2.75) is 6.92 Å². The Morgan fingerprint density at radius 1 is 1.55 bits per heavy atom. The van der Waals surface area contributed by atoms with Crippen LogP contribution in [-0.2, 0) is 9.59 Å². The summed E-state index contributed by atoms with van der Waals surface area (Å²) >= 11 is 0. The number of amides is 1. The molecular formula is C6H8LiNO3. The fraction of sp³-hybridized carbons (Fsp3) is 0.333. The molecule has 0 rings (SSSR count). The zero-order chi connectivity index (χ0) is 8.15. The third kappa shape index (κ3) is 7.17. The predicted molar refractivity (Wildman–Crippen MR) is 32.8 cm³/mol. The van der Waals surface area contributed by atoms with Crippen molar-refractivity contribution in [1.82, 2.24) is 5.32 Å². The molecule has 0 fully saturated rings. The fourth-order valence-corrected chi connectivity index (χ4v) is 0.303. The molecule has 0 aromatic heterocycles. The fourth-order valence-electron chi connectivity index (χ4n) is 0.303. The van der Waals surface area contributed by atoms with Gasteiger partial charge < -0.3 is 15.2 Å². The standard InChI is InChI=1S/C6H9NO3.Li/c1-4(2)6(10)7-3-5(8)9;/h1,3H2,2H3,(H,7,10)(H,8,9);/q;+1/p-1. The average molecular weight is 149 g/mol. The van der Waals surface area contributed by atoms with E-state index >= 15 is 0 Å². The van der Waals surface area contributed by atoms with Gasteiger partial charge in [0.2, 0.25) is 5.91 Å². The van der Waals surface area contributed by atoms with Gasteiger partial charge in [-0.3, -0.25) is 4.79 Å². The first-order chi connectivity index (χ1) is 4.54. The van der Waals surface area contributed by atoms with Crippen molar-refractivity contribution in [3.05, 3.63) is 12.2 Å². The number of hydrogen-bond acceptors (Lipinski definition) is 3. The van der Waals surface area contributed by atoms with Crippen LogP contribution in [-0.4, -0.2) is 18.4 Å². The molecule has 0 saturated heterocycles. The van der Waals surface area contributed by atoms with Crippen molar-refractivity contribution >= 4 is 11.9 Å². The van der Waals surface area contributed by atoms with Gasteiger partial charge in [-0.15, -0.1) is 0 Å². The van der Waals surface area contributed by atoms with Gasteiger partial charge in [0.1, 0.15) is 0 Å². The van der Waals surface area contributed by atoms with Gasteiger partial charge in [0.05, 0.1) is 12.5 Å². The second kappa shape index (κ2) is 6.02. The van der Waals surface area contributed by atoms with Gasteiger partial charge >= 0.3 is 18.9 Å². The molecule has 0 aromatic carbocycles. The molecule has 0 aliphatic rings. The third-order valence-corrected chi connectivity index (χ3v) is 0.781. The van der Waals surface area contributed by atoms with Crippen LogP contribution in [0.25, 0.3) is 0 Å². The zero-order valence-corrected chi connectivity index (χ0v) is 6.64. The summed E-state index contributed by atoms with van der Waals surface area (Å²) in [6.45, 7) is 4.33. The molecule has 0 unspecified atom stereocenters. The Balaban J connectivity index is 0. The smallest absolute Gasteiger partial charge is 0.548 e. The summed E-state index contributed by atoms with van der Waals surface area (Å²) < 4.78 is 0. The van der Waals surface area contributed by atoms with Crippen LogP contribution < -0.4 is 29.3 Å². The van der Waals surface area contributed by atoms with Gasteiger partial charge in [0.25, 0.3) is 0 Å². The van der Waals surface area contributed by atoms with Gasteiger partial charge in [0.15, 0.2) is 0 Å². The number of rotatable bonds is 3. The van der Waals surface area contributed by atoms with Crippen molar-refractivity contribution < 1.29 is 33.6 Å². The van der Waals surface area contributed by atoms with E-state index in [1.54, 1.807) is 0 Å². The summed E-state index contributed by atoms with van der Waals surface area (Å²) in [6.07, 6.45) is 0. The van der Waals surface area contributed by atoms with Crippen molar-refractivity contribution in [1.29, 1.82) is 0 Å². The van der Waals surface area contributed by atoms with Crippen molar-refractivity contribution in [2.24, 2.45) is 0 Å². The van der Waals surface area contributed by atoms with Crippen molar-refractivity contribution in [2.75, 3.05) is 6.54 Å². The van der Waals surface area contributed by atoms with Gasteiger partial charge in [-0.1, -0.05) is 6.58 Å². The van der Waals surface area contributed by atoms with Crippen LogP contribution in [0.15, 0.2) is 12.2 Å². The Kier molecular flexibility index (Phi) is 7.06. The van der Waals surface area contributed by atoms with Crippen LogP contribution in [0, 0.1) is 0 Å². The zero-order valence-electron chi connectivity index (χ0n) is 6.64. The predicted octanol–water partition coefficient (Wildman–Crippen LogP) is -4.57. The van der Waals surface area contributed by atoms with Crippen molar-refractivity contribution in [3.8, 4) is 0 Å². The van der Waals surface area contributed by atoms with Gasteiger partial charge in [-0.2, -0.15) is 0 Å². The number of hydrogen-bond donors (Lipinski definition) is 1. The summed E-state index contributed by atoms with van der Waals surface area (Å²) in [5, 5.41) is 11.9. The van der Waals surface area contributed by atoms with E-state index in [0.717, 1.165) is 0 Å². The first kappa shape index (κ1) is 12.9. The molecule has 1 N–H and O–H groups in total. The van der Waals surface area contributed by atoms with E-state index in [1.165, 1.54) is 6.92 Å². The second-order valence-corrected chi connectivity index (χ2v) is 1.84. The Bertz CT molecular complexity index is 179. The number of carbonyl (C=O) groups is 2. The quantitative estimate of drug-likeness (QED) is 0.324. The summed E-state index contributed by atoms with van der Waals surface area (Å²) in [6, 6.07) is 0. The first-order valence-corrected chi connectivity index (χ1v) is 2.67. The minimum Gasteiger partial charge on any atom is -0.548 e. The topological polar surface area (TPSA) is 69.2 Å². The maximum atomic E-state index is 10.5. The molecule has 5 heteroatoms. The first-order valence-electron chi connectivity index (χ1n) is 2.67. The van der Waals surface area contributed by atoms with Gasteiger partial charge in [0, 0.05) is 5.57 Å². The van der Waals surface area contributed by atoms with Crippen LogP contribution >= 0.6 is 0 Å². The minimum absolute atomic E-state index is 0. The molecule has 1 amide bonds. The monoisotopic (exact) mass is 149 g/mol. The minimum atomic E-state index is -1.31. The second-order valence-electron chi connectivity index (χ2n) is 1.84. The van der Waals surface area contributed by atoms with Crippen LogP contribution in [0.3, 0.4) is 0 Å². The van der Waals surface area contributed by atoms with E-state index < -0.39 is 18.4 Å². The molecule has 11 heavy (non-hydrogen) atoms. The van der Waals surface area contributed by atoms with Crippen LogP contribution in [0.2, 0.25) is 0 Å². The van der Waals surface area contributed by atoms with Crippen LogP contribution in [0.4, 0.5) is 0 Å². The molecule has 4 nitrogen and oxygen atoms in total. The Labute approximate surface area is 76.8 Å². The van der Waals surface area contributed by atoms with Crippen LogP contribution in [0.5, 0.6) is 0 Å². The van der Waals surface area contributed by atoms with Crippen LogP contribution in [0.1, 0.15) is 6.92 Å². The molecule has 0 bridgehead atoms. The molecule has 0 aliphatic heterocycles. The molecule has 0 aromatic rings. The molecule has 0 atom stereocenters. The summed E-state index contributed by atoms with van der Waals surface area (Å²) in [5.41, 5.74) is 0.279. The van der Waals surface area contributed by atoms with E-state index in [4.69, 9.17) is 0 Å². The maximum Gasteiger partial charge on any atom is 1.00 e. The molecule has 0 radical (unpaired) electrons. The van der Waals surface area contributed by atoms with E-state index in [0.29, 0.717) is 0 Å². The Morgan fingerprint density at radius 2 is 2.00 bits per heavy atom. The van der Waals surface area contributed by atoms with Gasteiger partial charge in [-0.05, 0) is 6.92 Å². The molecule has 0 spiro atoms. The molecule has 0 saturated carbocycles. The van der Waals surface area contributed by atoms with Gasteiger partial charge in [-0.25, -0.2) is 0 Å². The Morgan fingerprint density at radius 3 is 2.27 bits per heavy atom. The number of nitrogens with one attached hydrogen (secondary N) is 1. The summed E-state index contributed by atoms with van der Waals surface area (Å²) in [5.74, 6) is -1.78. The normalized spacial score (nSPS) is 7.73. The third-order valence-electron chi connectivity index (χ3n) is 0.781. The number of carboxylic acids is 1. The maximum absolute atomic E-state index is 10.5. The number of carbonyl (C=O) groups excluding carboxylic acids is 2. The summed E-state index contributed by atoms with van der Waals surface area (Å²) in [7, 11) is 0. The molecular weight excluding hydrogens is 141 g/mol.